The zero-order valence-electron chi connectivity index (χ0n) is 12.1. The Morgan fingerprint density at radius 2 is 2.19 bits per heavy atom. The van der Waals surface area contributed by atoms with Gasteiger partial charge in [0.05, 0.1) is 13.7 Å². The number of carbonyl (C=O) groups excluding carboxylic acids is 2. The number of rotatable bonds is 6. The normalized spacial score (nSPS) is 10.4. The SMILES string of the molecule is CCc1ccsc1CNc1nc(C(=O)OC)c(C(C)=O)s1. The van der Waals surface area contributed by atoms with Gasteiger partial charge >= 0.3 is 5.97 Å². The van der Waals surface area contributed by atoms with Gasteiger partial charge in [-0.3, -0.25) is 4.79 Å². The number of carbonyl (C=O) groups is 2. The first-order valence-corrected chi connectivity index (χ1v) is 8.15. The number of nitrogens with one attached hydrogen (secondary N) is 1. The predicted molar refractivity (Wildman–Crippen MR) is 84.5 cm³/mol. The minimum Gasteiger partial charge on any atom is -0.464 e. The van der Waals surface area contributed by atoms with Gasteiger partial charge in [0.1, 0.15) is 4.88 Å². The molecule has 21 heavy (non-hydrogen) atoms. The quantitative estimate of drug-likeness (QED) is 0.652. The number of aryl methyl sites for hydroxylation is 1. The fourth-order valence-corrected chi connectivity index (χ4v) is 3.62. The summed E-state index contributed by atoms with van der Waals surface area (Å²) in [5.74, 6) is -0.777. The lowest BCUT2D eigenvalue weighted by Gasteiger charge is -2.02. The van der Waals surface area contributed by atoms with Crippen LogP contribution in [0.15, 0.2) is 11.4 Å². The largest absolute Gasteiger partial charge is 0.464 e. The first-order chi connectivity index (χ1) is 10.1. The van der Waals surface area contributed by atoms with Crippen molar-refractivity contribution in [3.63, 3.8) is 0 Å². The van der Waals surface area contributed by atoms with E-state index in [0.717, 1.165) is 6.42 Å². The number of Topliss-reactive ketones (excluding diaryl/α,β-unsaturated/α-hetero) is 1. The smallest absolute Gasteiger partial charge is 0.358 e. The van der Waals surface area contributed by atoms with Crippen LogP contribution >= 0.6 is 22.7 Å². The van der Waals surface area contributed by atoms with Gasteiger partial charge in [0.15, 0.2) is 16.6 Å². The fourth-order valence-electron chi connectivity index (χ4n) is 1.86. The summed E-state index contributed by atoms with van der Waals surface area (Å²) in [5, 5.41) is 5.78. The number of esters is 1. The third-order valence-corrected chi connectivity index (χ3v) is 5.02. The molecule has 2 heterocycles. The summed E-state index contributed by atoms with van der Waals surface area (Å²) in [6.45, 7) is 4.16. The first kappa shape index (κ1) is 15.7. The maximum absolute atomic E-state index is 11.6. The van der Waals surface area contributed by atoms with Crippen LogP contribution in [0.5, 0.6) is 0 Å². The third kappa shape index (κ3) is 3.48. The predicted octanol–water partition coefficient (Wildman–Crippen LogP) is 3.37. The molecule has 5 nitrogen and oxygen atoms in total. The Kier molecular flexibility index (Phi) is 5.08. The van der Waals surface area contributed by atoms with Gasteiger partial charge in [0, 0.05) is 11.8 Å². The average Bonchev–Trinajstić information content (AvgIpc) is 3.10. The van der Waals surface area contributed by atoms with E-state index in [4.69, 9.17) is 0 Å². The van der Waals surface area contributed by atoms with Gasteiger partial charge in [-0.1, -0.05) is 18.3 Å². The van der Waals surface area contributed by atoms with E-state index >= 15 is 0 Å². The van der Waals surface area contributed by atoms with E-state index in [2.05, 4.69) is 33.4 Å². The van der Waals surface area contributed by atoms with E-state index < -0.39 is 5.97 Å². The lowest BCUT2D eigenvalue weighted by Crippen LogP contribution is -2.07. The van der Waals surface area contributed by atoms with E-state index in [1.54, 1.807) is 11.3 Å². The van der Waals surface area contributed by atoms with Crippen LogP contribution in [-0.4, -0.2) is 23.8 Å². The zero-order chi connectivity index (χ0) is 15.4. The van der Waals surface area contributed by atoms with Gasteiger partial charge < -0.3 is 10.1 Å². The maximum atomic E-state index is 11.6. The maximum Gasteiger partial charge on any atom is 0.358 e. The molecular formula is C14H16N2O3S2. The number of hydrogen-bond acceptors (Lipinski definition) is 7. The Morgan fingerprint density at radius 1 is 1.43 bits per heavy atom. The minimum absolute atomic E-state index is 0.0828. The highest BCUT2D eigenvalue weighted by atomic mass is 32.1. The summed E-state index contributed by atoms with van der Waals surface area (Å²) >= 11 is 2.86. The second-order valence-corrected chi connectivity index (χ2v) is 6.32. The molecule has 0 bridgehead atoms. The number of anilines is 1. The van der Waals surface area contributed by atoms with Gasteiger partial charge in [-0.05, 0) is 23.4 Å². The van der Waals surface area contributed by atoms with Crippen molar-refractivity contribution in [2.24, 2.45) is 0 Å². The molecule has 0 fully saturated rings. The molecule has 2 aromatic rings. The van der Waals surface area contributed by atoms with Crippen molar-refractivity contribution >= 4 is 39.6 Å². The van der Waals surface area contributed by atoms with Crippen LogP contribution in [0.2, 0.25) is 0 Å². The molecule has 2 aromatic heterocycles. The Morgan fingerprint density at radius 3 is 2.81 bits per heavy atom. The zero-order valence-corrected chi connectivity index (χ0v) is 13.7. The van der Waals surface area contributed by atoms with Crippen LogP contribution in [0.1, 0.15) is 44.4 Å². The second kappa shape index (κ2) is 6.82. The summed E-state index contributed by atoms with van der Waals surface area (Å²) in [6, 6.07) is 2.10. The lowest BCUT2D eigenvalue weighted by atomic mass is 10.2. The monoisotopic (exact) mass is 324 g/mol. The van der Waals surface area contributed by atoms with Crippen LogP contribution < -0.4 is 5.32 Å². The highest BCUT2D eigenvalue weighted by molar-refractivity contribution is 7.17. The lowest BCUT2D eigenvalue weighted by molar-refractivity contribution is 0.0591. The highest BCUT2D eigenvalue weighted by Crippen LogP contribution is 2.26. The summed E-state index contributed by atoms with van der Waals surface area (Å²) in [4.78, 5) is 28.9. The number of ketones is 1. The summed E-state index contributed by atoms with van der Waals surface area (Å²) in [5.41, 5.74) is 1.38. The van der Waals surface area contributed by atoms with Crippen molar-refractivity contribution in [2.45, 2.75) is 26.8 Å². The molecule has 0 amide bonds. The standard InChI is InChI=1S/C14H16N2O3S2/c1-4-9-5-6-20-10(9)7-15-14-16-11(13(18)19-3)12(21-14)8(2)17/h5-6H,4,7H2,1-3H3,(H,15,16). The Bertz CT molecular complexity index is 661. The van der Waals surface area contributed by atoms with Crippen molar-refractivity contribution in [3.05, 3.63) is 32.5 Å². The van der Waals surface area contributed by atoms with Crippen molar-refractivity contribution < 1.29 is 14.3 Å². The van der Waals surface area contributed by atoms with E-state index in [1.165, 1.54) is 35.8 Å². The van der Waals surface area contributed by atoms with Gasteiger partial charge in [-0.15, -0.1) is 11.3 Å². The minimum atomic E-state index is -0.588. The number of thiazole rings is 1. The molecular weight excluding hydrogens is 308 g/mol. The number of thiophene rings is 1. The molecule has 0 saturated heterocycles. The fraction of sp³-hybridized carbons (Fsp3) is 0.357. The van der Waals surface area contributed by atoms with E-state index in [-0.39, 0.29) is 11.5 Å². The van der Waals surface area contributed by atoms with Crippen LogP contribution in [0, 0.1) is 0 Å². The molecule has 0 radical (unpaired) electrons. The number of methoxy groups -OCH3 is 1. The van der Waals surface area contributed by atoms with E-state index in [0.29, 0.717) is 16.6 Å². The number of hydrogen-bond donors (Lipinski definition) is 1. The molecule has 0 aliphatic heterocycles. The number of ether oxygens (including phenoxy) is 1. The van der Waals surface area contributed by atoms with Crippen molar-refractivity contribution in [2.75, 3.05) is 12.4 Å². The van der Waals surface area contributed by atoms with Crippen molar-refractivity contribution in [1.82, 2.24) is 4.98 Å². The summed E-state index contributed by atoms with van der Waals surface area (Å²) < 4.78 is 4.65. The van der Waals surface area contributed by atoms with Gasteiger partial charge in [0.2, 0.25) is 0 Å². The molecule has 0 spiro atoms. The van der Waals surface area contributed by atoms with Crippen LogP contribution in [0.25, 0.3) is 0 Å². The number of aromatic nitrogens is 1. The molecule has 1 N–H and O–H groups in total. The van der Waals surface area contributed by atoms with Gasteiger partial charge in [-0.25, -0.2) is 9.78 Å². The molecule has 0 saturated carbocycles. The summed E-state index contributed by atoms with van der Waals surface area (Å²) in [6.07, 6.45) is 0.977. The second-order valence-electron chi connectivity index (χ2n) is 4.32. The molecule has 0 unspecified atom stereocenters. The topological polar surface area (TPSA) is 68.3 Å². The molecule has 112 valence electrons. The molecule has 0 aliphatic rings. The Balaban J connectivity index is 2.17. The van der Waals surface area contributed by atoms with Gasteiger partial charge in [0.25, 0.3) is 0 Å². The first-order valence-electron chi connectivity index (χ1n) is 6.46. The number of nitrogens with zero attached hydrogens (tertiary/aromatic N) is 1. The molecule has 0 aliphatic carbocycles. The van der Waals surface area contributed by atoms with Crippen molar-refractivity contribution in [3.8, 4) is 0 Å². The Labute approximate surface area is 131 Å². The third-order valence-electron chi connectivity index (χ3n) is 2.94. The highest BCUT2D eigenvalue weighted by Gasteiger charge is 2.21. The molecule has 2 rings (SSSR count). The van der Waals surface area contributed by atoms with Crippen LogP contribution in [0.3, 0.4) is 0 Å². The van der Waals surface area contributed by atoms with Crippen molar-refractivity contribution in [1.29, 1.82) is 0 Å². The average molecular weight is 324 g/mol. The van der Waals surface area contributed by atoms with E-state index in [9.17, 15) is 9.59 Å². The van der Waals surface area contributed by atoms with Crippen LogP contribution in [-0.2, 0) is 17.7 Å². The molecule has 7 heteroatoms. The molecule has 0 atom stereocenters. The summed E-state index contributed by atoms with van der Waals surface area (Å²) in [7, 11) is 1.28. The van der Waals surface area contributed by atoms with Crippen LogP contribution in [0.4, 0.5) is 5.13 Å². The van der Waals surface area contributed by atoms with E-state index in [1.807, 2.05) is 0 Å². The van der Waals surface area contributed by atoms with Gasteiger partial charge in [-0.2, -0.15) is 0 Å². The molecule has 0 aromatic carbocycles. The Hall–Kier alpha value is -1.73.